The Hall–Kier alpha value is -2.14. The van der Waals surface area contributed by atoms with Crippen LogP contribution in [0.3, 0.4) is 0 Å². The van der Waals surface area contributed by atoms with Gasteiger partial charge >= 0.3 is 12.1 Å². The van der Waals surface area contributed by atoms with E-state index >= 15 is 0 Å². The SMILES string of the molecule is CC1(S(=O)(=O)c2cccc(C(F)(F)F)c2)CCOC(/C(N)=N/OC(=O)C2CC2)C1. The van der Waals surface area contributed by atoms with E-state index < -0.39 is 43.3 Å². The highest BCUT2D eigenvalue weighted by Gasteiger charge is 2.46. The van der Waals surface area contributed by atoms with Crippen LogP contribution in [-0.4, -0.2) is 37.7 Å². The Bertz CT molecular complexity index is 928. The zero-order valence-corrected chi connectivity index (χ0v) is 16.4. The summed E-state index contributed by atoms with van der Waals surface area (Å²) in [6, 6.07) is 3.63. The van der Waals surface area contributed by atoms with Gasteiger partial charge in [0, 0.05) is 13.0 Å². The first-order valence-electron chi connectivity index (χ1n) is 9.02. The van der Waals surface area contributed by atoms with Gasteiger partial charge in [0.25, 0.3) is 0 Å². The van der Waals surface area contributed by atoms with Crippen molar-refractivity contribution in [1.29, 1.82) is 0 Å². The molecule has 1 aromatic rings. The lowest BCUT2D eigenvalue weighted by molar-refractivity contribution is -0.145. The number of nitrogens with zero attached hydrogens (tertiary/aromatic N) is 1. The highest BCUT2D eigenvalue weighted by Crippen LogP contribution is 2.38. The summed E-state index contributed by atoms with van der Waals surface area (Å²) in [5.74, 6) is -0.891. The van der Waals surface area contributed by atoms with E-state index in [1.54, 1.807) is 0 Å². The maximum absolute atomic E-state index is 13.1. The van der Waals surface area contributed by atoms with Gasteiger partial charge in [-0.3, -0.25) is 0 Å². The van der Waals surface area contributed by atoms with E-state index in [0.717, 1.165) is 31.0 Å². The van der Waals surface area contributed by atoms with Gasteiger partial charge in [0.1, 0.15) is 6.10 Å². The van der Waals surface area contributed by atoms with Crippen molar-refractivity contribution in [1.82, 2.24) is 0 Å². The van der Waals surface area contributed by atoms with E-state index in [-0.39, 0.29) is 31.2 Å². The van der Waals surface area contributed by atoms with E-state index in [0.29, 0.717) is 6.07 Å². The number of carbonyl (C=O) groups is 1. The highest BCUT2D eigenvalue weighted by atomic mass is 32.2. The van der Waals surface area contributed by atoms with Gasteiger partial charge in [-0.1, -0.05) is 11.2 Å². The van der Waals surface area contributed by atoms with Crippen LogP contribution in [-0.2, 0) is 30.4 Å². The average molecular weight is 434 g/mol. The number of carbonyl (C=O) groups excluding carboxylic acids is 1. The smallest absolute Gasteiger partial charge is 0.382 e. The molecule has 1 aliphatic carbocycles. The van der Waals surface area contributed by atoms with Crippen LogP contribution in [0.5, 0.6) is 0 Å². The van der Waals surface area contributed by atoms with Gasteiger partial charge in [0.2, 0.25) is 0 Å². The predicted octanol–water partition coefficient (Wildman–Crippen LogP) is 2.64. The van der Waals surface area contributed by atoms with E-state index in [1.807, 2.05) is 0 Å². The van der Waals surface area contributed by atoms with Crippen molar-refractivity contribution in [2.75, 3.05) is 6.61 Å². The van der Waals surface area contributed by atoms with Crippen molar-refractivity contribution in [2.24, 2.45) is 16.8 Å². The molecule has 0 radical (unpaired) electrons. The summed E-state index contributed by atoms with van der Waals surface area (Å²) >= 11 is 0. The van der Waals surface area contributed by atoms with Crippen LogP contribution in [0.15, 0.2) is 34.3 Å². The number of sulfone groups is 1. The van der Waals surface area contributed by atoms with E-state index in [1.165, 1.54) is 6.92 Å². The van der Waals surface area contributed by atoms with Gasteiger partial charge in [0.05, 0.1) is 21.1 Å². The molecule has 0 amide bonds. The first-order valence-corrected chi connectivity index (χ1v) is 10.5. The molecule has 11 heteroatoms. The number of alkyl halides is 3. The number of halogens is 3. The molecule has 160 valence electrons. The monoisotopic (exact) mass is 434 g/mol. The lowest BCUT2D eigenvalue weighted by Gasteiger charge is -2.37. The van der Waals surface area contributed by atoms with Crippen molar-refractivity contribution >= 4 is 21.6 Å². The molecular weight excluding hydrogens is 413 g/mol. The van der Waals surface area contributed by atoms with Crippen molar-refractivity contribution in [3.05, 3.63) is 29.8 Å². The number of ether oxygens (including phenoxy) is 1. The molecule has 2 atom stereocenters. The lowest BCUT2D eigenvalue weighted by Crippen LogP contribution is -2.49. The Kier molecular flexibility index (Phi) is 5.65. The molecule has 3 rings (SSSR count). The summed E-state index contributed by atoms with van der Waals surface area (Å²) in [6.45, 7) is 1.44. The van der Waals surface area contributed by atoms with Gasteiger partial charge in [-0.25, -0.2) is 13.2 Å². The first-order chi connectivity index (χ1) is 13.4. The molecule has 2 fully saturated rings. The summed E-state index contributed by atoms with van der Waals surface area (Å²) in [4.78, 5) is 15.9. The number of hydrogen-bond donors (Lipinski definition) is 1. The summed E-state index contributed by atoms with van der Waals surface area (Å²) in [7, 11) is -4.14. The number of amidine groups is 1. The highest BCUT2D eigenvalue weighted by molar-refractivity contribution is 7.92. The molecule has 2 N–H and O–H groups in total. The molecule has 1 aromatic carbocycles. The van der Waals surface area contributed by atoms with Crippen molar-refractivity contribution in [3.8, 4) is 0 Å². The predicted molar refractivity (Wildman–Crippen MR) is 96.4 cm³/mol. The van der Waals surface area contributed by atoms with E-state index in [4.69, 9.17) is 15.3 Å². The largest absolute Gasteiger partial charge is 0.416 e. The van der Waals surface area contributed by atoms with Crippen molar-refractivity contribution < 1.29 is 36.0 Å². The standard InChI is InChI=1S/C18H21F3N2O5S/c1-17(29(25,26)13-4-2-3-12(9-13)18(19,20)21)7-8-27-14(10-17)15(22)23-28-16(24)11-5-6-11/h2-4,9,11,14H,5-8,10H2,1H3,(H2,22,23). The topological polar surface area (TPSA) is 108 Å². The molecular formula is C18H21F3N2O5S. The van der Waals surface area contributed by atoms with E-state index in [9.17, 15) is 26.4 Å². The molecule has 1 saturated heterocycles. The fourth-order valence-electron chi connectivity index (χ4n) is 3.08. The van der Waals surface area contributed by atoms with E-state index in [2.05, 4.69) is 5.16 Å². The zero-order chi connectivity index (χ0) is 21.4. The maximum Gasteiger partial charge on any atom is 0.416 e. The van der Waals surface area contributed by atoms with Gasteiger partial charge in [-0.2, -0.15) is 13.2 Å². The zero-order valence-electron chi connectivity index (χ0n) is 15.6. The van der Waals surface area contributed by atoms with Gasteiger partial charge in [-0.05, 0) is 44.4 Å². The second-order valence-corrected chi connectivity index (χ2v) is 9.96. The second-order valence-electron chi connectivity index (χ2n) is 7.49. The van der Waals surface area contributed by atoms with Gasteiger partial charge in [0.15, 0.2) is 15.7 Å². The third kappa shape index (κ3) is 4.55. The summed E-state index contributed by atoms with van der Waals surface area (Å²) in [5.41, 5.74) is 4.76. The fourth-order valence-corrected chi connectivity index (χ4v) is 4.91. The number of rotatable bonds is 5. The van der Waals surface area contributed by atoms with Crippen LogP contribution in [0.2, 0.25) is 0 Å². The minimum atomic E-state index is -4.66. The lowest BCUT2D eigenvalue weighted by atomic mass is 9.96. The quantitative estimate of drug-likeness (QED) is 0.330. The van der Waals surface area contributed by atoms with Crippen molar-refractivity contribution in [2.45, 2.75) is 54.5 Å². The molecule has 7 nitrogen and oxygen atoms in total. The van der Waals surface area contributed by atoms with Gasteiger partial charge < -0.3 is 15.3 Å². The minimum Gasteiger partial charge on any atom is -0.382 e. The van der Waals surface area contributed by atoms with Crippen LogP contribution in [0.25, 0.3) is 0 Å². The molecule has 29 heavy (non-hydrogen) atoms. The average Bonchev–Trinajstić information content (AvgIpc) is 3.50. The van der Waals surface area contributed by atoms with Crippen LogP contribution in [0.1, 0.15) is 38.2 Å². The Morgan fingerprint density at radius 3 is 2.66 bits per heavy atom. The second kappa shape index (κ2) is 7.60. The van der Waals surface area contributed by atoms with Crippen LogP contribution >= 0.6 is 0 Å². The molecule has 1 heterocycles. The molecule has 0 spiro atoms. The molecule has 2 aliphatic rings. The molecule has 2 unspecified atom stereocenters. The number of oxime groups is 1. The third-order valence-corrected chi connectivity index (χ3v) is 7.71. The maximum atomic E-state index is 13.1. The molecule has 0 aromatic heterocycles. The number of nitrogens with two attached hydrogens (primary N) is 1. The Labute approximate surface area is 165 Å². The summed E-state index contributed by atoms with van der Waals surface area (Å²) in [5, 5.41) is 3.55. The normalized spacial score (nSPS) is 26.2. The number of hydrogen-bond acceptors (Lipinski definition) is 6. The van der Waals surface area contributed by atoms with Crippen LogP contribution in [0.4, 0.5) is 13.2 Å². The molecule has 0 bridgehead atoms. The summed E-state index contributed by atoms with van der Waals surface area (Å²) in [6.07, 6.45) is -4.23. The molecule has 1 aliphatic heterocycles. The van der Waals surface area contributed by atoms with Crippen molar-refractivity contribution in [3.63, 3.8) is 0 Å². The van der Waals surface area contributed by atoms with Crippen LogP contribution in [0, 0.1) is 5.92 Å². The van der Waals surface area contributed by atoms with Gasteiger partial charge in [-0.15, -0.1) is 0 Å². The minimum absolute atomic E-state index is 0.00610. The fraction of sp³-hybridized carbons (Fsp3) is 0.556. The first kappa shape index (κ1) is 21.6. The Balaban J connectivity index is 1.81. The number of benzene rings is 1. The Morgan fingerprint density at radius 1 is 1.34 bits per heavy atom. The summed E-state index contributed by atoms with van der Waals surface area (Å²) < 4.78 is 69.2. The Morgan fingerprint density at radius 2 is 2.03 bits per heavy atom. The van der Waals surface area contributed by atoms with Crippen LogP contribution < -0.4 is 5.73 Å². The third-order valence-electron chi connectivity index (χ3n) is 5.17. The molecule has 1 saturated carbocycles.